The number of aryl methyl sites for hydroxylation is 2. The Hall–Kier alpha value is -1.73. The molecule has 0 heterocycles. The van der Waals surface area contributed by atoms with Gasteiger partial charge >= 0.3 is 0 Å². The lowest BCUT2D eigenvalue weighted by Gasteiger charge is -2.03. The predicted octanol–water partition coefficient (Wildman–Crippen LogP) is 3.40. The Morgan fingerprint density at radius 1 is 0.762 bits per heavy atom. The highest BCUT2D eigenvalue weighted by Gasteiger charge is 2.20. The van der Waals surface area contributed by atoms with Gasteiger partial charge in [-0.2, -0.15) is 8.42 Å². The molecule has 7 heteroatoms. The monoisotopic (exact) mass is 327 g/mol. The highest BCUT2D eigenvalue weighted by atomic mass is 32.3. The molecular formula is C14H14FNO3S2. The number of halogens is 1. The summed E-state index contributed by atoms with van der Waals surface area (Å²) in [7, 11) is -8.82. The highest BCUT2D eigenvalue weighted by molar-refractivity contribution is 8.00. The minimum Gasteiger partial charge on any atom is -0.210 e. The molecule has 0 aliphatic heterocycles. The van der Waals surface area contributed by atoms with E-state index in [4.69, 9.17) is 0 Å². The van der Waals surface area contributed by atoms with E-state index in [-0.39, 0.29) is 9.79 Å². The molecule has 0 spiro atoms. The van der Waals surface area contributed by atoms with Crippen molar-refractivity contribution in [1.82, 2.24) is 0 Å². The third kappa shape index (κ3) is 3.68. The van der Waals surface area contributed by atoms with Crippen molar-refractivity contribution < 1.29 is 16.5 Å². The lowest BCUT2D eigenvalue weighted by Crippen LogP contribution is -2.02. The van der Waals surface area contributed by atoms with E-state index in [1.807, 2.05) is 0 Å². The SMILES string of the molecule is Cc1ccc(S(=O)(=O)N=S(=O)(F)c2ccc(C)cc2)cc1. The molecule has 0 N–H and O–H groups in total. The quantitative estimate of drug-likeness (QED) is 0.812. The topological polar surface area (TPSA) is 63.6 Å². The van der Waals surface area contributed by atoms with Crippen molar-refractivity contribution in [1.29, 1.82) is 0 Å². The molecule has 2 aromatic carbocycles. The Balaban J connectivity index is 2.52. The second kappa shape index (κ2) is 5.57. The van der Waals surface area contributed by atoms with E-state index in [9.17, 15) is 16.5 Å². The van der Waals surface area contributed by atoms with Gasteiger partial charge in [0.15, 0.2) is 0 Å². The number of benzene rings is 2. The first-order valence-electron chi connectivity index (χ1n) is 6.07. The smallest absolute Gasteiger partial charge is 0.210 e. The number of hydrogen-bond acceptors (Lipinski definition) is 3. The van der Waals surface area contributed by atoms with E-state index >= 15 is 0 Å². The van der Waals surface area contributed by atoms with Crippen molar-refractivity contribution in [3.63, 3.8) is 0 Å². The first kappa shape index (κ1) is 15.7. The number of rotatable bonds is 3. The van der Waals surface area contributed by atoms with Crippen molar-refractivity contribution >= 4 is 20.1 Å². The molecule has 0 aliphatic rings. The van der Waals surface area contributed by atoms with E-state index in [2.05, 4.69) is 3.77 Å². The lowest BCUT2D eigenvalue weighted by molar-refractivity contribution is 0.596. The van der Waals surface area contributed by atoms with E-state index < -0.39 is 20.1 Å². The van der Waals surface area contributed by atoms with Crippen molar-refractivity contribution in [2.45, 2.75) is 23.6 Å². The Kier molecular flexibility index (Phi) is 4.15. The van der Waals surface area contributed by atoms with E-state index in [0.29, 0.717) is 0 Å². The highest BCUT2D eigenvalue weighted by Crippen LogP contribution is 2.21. The zero-order chi connectivity index (χ0) is 15.7. The third-order valence-corrected chi connectivity index (χ3v) is 6.10. The van der Waals surface area contributed by atoms with Crippen LogP contribution in [0.3, 0.4) is 0 Å². The summed E-state index contributed by atoms with van der Waals surface area (Å²) in [5.41, 5.74) is 1.70. The number of nitrogens with zero attached hydrogens (tertiary/aromatic N) is 1. The van der Waals surface area contributed by atoms with Crippen LogP contribution >= 0.6 is 0 Å². The third-order valence-electron chi connectivity index (χ3n) is 2.82. The Morgan fingerprint density at radius 2 is 1.14 bits per heavy atom. The van der Waals surface area contributed by atoms with Crippen LogP contribution < -0.4 is 0 Å². The molecule has 0 saturated carbocycles. The largest absolute Gasteiger partial charge is 0.292 e. The normalized spacial score (nSPS) is 14.4. The Morgan fingerprint density at radius 3 is 1.57 bits per heavy atom. The molecule has 0 bridgehead atoms. The maximum Gasteiger partial charge on any atom is 0.292 e. The molecule has 0 aliphatic carbocycles. The second-order valence-corrected chi connectivity index (χ2v) is 8.04. The van der Waals surface area contributed by atoms with Crippen LogP contribution in [0.5, 0.6) is 0 Å². The van der Waals surface area contributed by atoms with E-state index in [0.717, 1.165) is 11.1 Å². The van der Waals surface area contributed by atoms with Gasteiger partial charge in [-0.05, 0) is 38.1 Å². The van der Waals surface area contributed by atoms with E-state index in [1.165, 1.54) is 24.3 Å². The fraction of sp³-hybridized carbons (Fsp3) is 0.143. The van der Waals surface area contributed by atoms with Crippen LogP contribution in [0.25, 0.3) is 0 Å². The molecular weight excluding hydrogens is 313 g/mol. The van der Waals surface area contributed by atoms with Gasteiger partial charge in [0.25, 0.3) is 10.0 Å². The van der Waals surface area contributed by atoms with Crippen molar-refractivity contribution in [2.75, 3.05) is 0 Å². The van der Waals surface area contributed by atoms with Crippen LogP contribution in [0, 0.1) is 13.8 Å². The minimum absolute atomic E-state index is 0.189. The molecule has 0 saturated heterocycles. The predicted molar refractivity (Wildman–Crippen MR) is 79.5 cm³/mol. The first-order valence-corrected chi connectivity index (χ1v) is 8.93. The van der Waals surface area contributed by atoms with Crippen LogP contribution in [0.15, 0.2) is 62.1 Å². The summed E-state index contributed by atoms with van der Waals surface area (Å²) >= 11 is 0. The summed E-state index contributed by atoms with van der Waals surface area (Å²) in [6, 6.07) is 11.4. The van der Waals surface area contributed by atoms with Gasteiger partial charge in [-0.15, -0.1) is 3.89 Å². The van der Waals surface area contributed by atoms with Crippen molar-refractivity contribution in [3.05, 3.63) is 59.7 Å². The Bertz CT molecular complexity index is 863. The zero-order valence-electron chi connectivity index (χ0n) is 11.5. The van der Waals surface area contributed by atoms with Gasteiger partial charge in [-0.1, -0.05) is 39.2 Å². The summed E-state index contributed by atoms with van der Waals surface area (Å²) < 4.78 is 53.1. The maximum atomic E-state index is 14.2. The summed E-state index contributed by atoms with van der Waals surface area (Å²) in [6.45, 7) is 3.57. The summed E-state index contributed by atoms with van der Waals surface area (Å²) in [4.78, 5) is -0.450. The van der Waals surface area contributed by atoms with Crippen LogP contribution in [0.2, 0.25) is 0 Å². The maximum absolute atomic E-state index is 14.2. The average molecular weight is 327 g/mol. The molecule has 112 valence electrons. The summed E-state index contributed by atoms with van der Waals surface area (Å²) in [5.74, 6) is 0. The molecule has 0 radical (unpaired) electrons. The summed E-state index contributed by atoms with van der Waals surface area (Å²) in [5, 5.41) is 0. The molecule has 2 aromatic rings. The van der Waals surface area contributed by atoms with Crippen molar-refractivity contribution in [3.8, 4) is 0 Å². The molecule has 21 heavy (non-hydrogen) atoms. The van der Waals surface area contributed by atoms with Gasteiger partial charge < -0.3 is 0 Å². The molecule has 0 amide bonds. The van der Waals surface area contributed by atoms with Crippen LogP contribution in [0.4, 0.5) is 3.89 Å². The number of sulfonamides is 1. The van der Waals surface area contributed by atoms with Gasteiger partial charge in [0, 0.05) is 0 Å². The van der Waals surface area contributed by atoms with Gasteiger partial charge in [0.1, 0.15) is 0 Å². The van der Waals surface area contributed by atoms with Crippen molar-refractivity contribution in [2.24, 2.45) is 3.77 Å². The number of hydrogen-bond donors (Lipinski definition) is 0. The zero-order valence-corrected chi connectivity index (χ0v) is 13.1. The fourth-order valence-corrected chi connectivity index (χ4v) is 4.28. The molecule has 2 rings (SSSR count). The molecule has 1 atom stereocenters. The first-order chi connectivity index (χ1) is 9.71. The van der Waals surface area contributed by atoms with Gasteiger partial charge in [-0.3, -0.25) is 0 Å². The Labute approximate surface area is 124 Å². The van der Waals surface area contributed by atoms with Crippen LogP contribution in [0.1, 0.15) is 11.1 Å². The fourth-order valence-electron chi connectivity index (χ4n) is 1.63. The minimum atomic E-state index is -4.51. The second-order valence-electron chi connectivity index (χ2n) is 4.63. The van der Waals surface area contributed by atoms with Crippen LogP contribution in [-0.4, -0.2) is 12.6 Å². The van der Waals surface area contributed by atoms with Gasteiger partial charge in [0.2, 0.25) is 10.1 Å². The molecule has 0 aromatic heterocycles. The standard InChI is InChI=1S/C14H14FNO3S2/c1-11-3-7-13(8-4-11)20(15,17)16-21(18,19)14-9-5-12(2)6-10-14/h3-10H,1-2H3. The molecule has 4 nitrogen and oxygen atoms in total. The molecule has 0 fully saturated rings. The van der Waals surface area contributed by atoms with E-state index in [1.54, 1.807) is 38.1 Å². The summed E-state index contributed by atoms with van der Waals surface area (Å²) in [6.07, 6.45) is 0. The van der Waals surface area contributed by atoms with Crippen LogP contribution in [-0.2, 0) is 20.1 Å². The average Bonchev–Trinajstić information content (AvgIpc) is 2.38. The molecule has 1 unspecified atom stereocenters. The lowest BCUT2D eigenvalue weighted by atomic mass is 10.2. The van der Waals surface area contributed by atoms with Gasteiger partial charge in [-0.25, -0.2) is 4.21 Å². The van der Waals surface area contributed by atoms with Gasteiger partial charge in [0.05, 0.1) is 9.79 Å².